The highest BCUT2D eigenvalue weighted by Crippen LogP contribution is 2.25. The van der Waals surface area contributed by atoms with Gasteiger partial charge in [-0.3, -0.25) is 9.89 Å². The molecule has 28 heavy (non-hydrogen) atoms. The Kier molecular flexibility index (Phi) is 6.31. The molecule has 3 aromatic rings. The maximum Gasteiger partial charge on any atom is 0.209 e. The second-order valence-corrected chi connectivity index (χ2v) is 7.56. The Balaban J connectivity index is 1.70. The number of ketones is 1. The normalized spacial score (nSPS) is 12.3. The average molecular weight is 402 g/mol. The summed E-state index contributed by atoms with van der Waals surface area (Å²) in [7, 11) is 1.67. The van der Waals surface area contributed by atoms with E-state index in [9.17, 15) is 9.18 Å². The summed E-state index contributed by atoms with van der Waals surface area (Å²) < 4.78 is 21.2. The van der Waals surface area contributed by atoms with Gasteiger partial charge in [0.05, 0.1) is 24.0 Å². The van der Waals surface area contributed by atoms with Gasteiger partial charge in [0.15, 0.2) is 11.6 Å². The van der Waals surface area contributed by atoms with Crippen LogP contribution in [0.1, 0.15) is 34.7 Å². The third-order valence-corrected chi connectivity index (χ3v) is 5.41. The van der Waals surface area contributed by atoms with Crippen molar-refractivity contribution in [2.75, 3.05) is 19.5 Å². The van der Waals surface area contributed by atoms with Gasteiger partial charge in [-0.2, -0.15) is 0 Å². The van der Waals surface area contributed by atoms with E-state index in [2.05, 4.69) is 26.7 Å². The van der Waals surface area contributed by atoms with Gasteiger partial charge in [0.1, 0.15) is 5.82 Å². The number of halogens is 1. The molecule has 2 heterocycles. The third-order valence-electron chi connectivity index (χ3n) is 4.56. The van der Waals surface area contributed by atoms with Gasteiger partial charge in [-0.1, -0.05) is 23.9 Å². The van der Waals surface area contributed by atoms with E-state index in [0.29, 0.717) is 28.7 Å². The Morgan fingerprint density at radius 3 is 2.82 bits per heavy atom. The molecule has 1 aromatic carbocycles. The molecule has 0 aliphatic heterocycles. The number of H-pyrrole nitrogens is 1. The van der Waals surface area contributed by atoms with Crippen molar-refractivity contribution in [2.45, 2.75) is 32.0 Å². The van der Waals surface area contributed by atoms with Crippen LogP contribution in [-0.4, -0.2) is 45.0 Å². The molecule has 2 aromatic heterocycles. The second-order valence-electron chi connectivity index (χ2n) is 6.62. The van der Waals surface area contributed by atoms with Crippen LogP contribution < -0.4 is 0 Å². The van der Waals surface area contributed by atoms with Crippen molar-refractivity contribution in [3.05, 3.63) is 53.1 Å². The molecule has 0 aliphatic rings. The fourth-order valence-electron chi connectivity index (χ4n) is 3.35. The molecule has 0 saturated heterocycles. The van der Waals surface area contributed by atoms with E-state index in [1.54, 1.807) is 25.3 Å². The van der Waals surface area contributed by atoms with Crippen LogP contribution in [0.5, 0.6) is 0 Å². The molecule has 0 fully saturated rings. The summed E-state index contributed by atoms with van der Waals surface area (Å²) in [5.74, 6) is 0.187. The minimum Gasteiger partial charge on any atom is -0.383 e. The van der Waals surface area contributed by atoms with E-state index in [1.807, 2.05) is 19.9 Å². The van der Waals surface area contributed by atoms with Crippen molar-refractivity contribution in [3.8, 4) is 11.4 Å². The molecule has 0 spiro atoms. The Labute approximate surface area is 167 Å². The van der Waals surface area contributed by atoms with Gasteiger partial charge in [-0.05, 0) is 39.0 Å². The first-order valence-corrected chi connectivity index (χ1v) is 9.91. The summed E-state index contributed by atoms with van der Waals surface area (Å²) in [5, 5.41) is 7.22. The lowest BCUT2D eigenvalue weighted by atomic mass is 10.2. The number of aromatic amines is 1. The number of hydrogen-bond acceptors (Lipinski definition) is 5. The maximum atomic E-state index is 13.9. The number of ether oxygens (including phenoxy) is 1. The lowest BCUT2D eigenvalue weighted by Gasteiger charge is -2.17. The Hall–Kier alpha value is -2.45. The van der Waals surface area contributed by atoms with Crippen LogP contribution in [0.4, 0.5) is 4.39 Å². The largest absolute Gasteiger partial charge is 0.383 e. The van der Waals surface area contributed by atoms with Gasteiger partial charge < -0.3 is 9.30 Å². The summed E-state index contributed by atoms with van der Waals surface area (Å²) in [4.78, 5) is 17.0. The first kappa shape index (κ1) is 20.3. The van der Waals surface area contributed by atoms with Gasteiger partial charge in [0.25, 0.3) is 0 Å². The number of hydrogen-bond donors (Lipinski definition) is 1. The second kappa shape index (κ2) is 8.70. The van der Waals surface area contributed by atoms with Crippen molar-refractivity contribution >= 4 is 17.5 Å². The van der Waals surface area contributed by atoms with Crippen LogP contribution in [0.15, 0.2) is 35.5 Å². The number of Topliss-reactive ketones (excluding diaryl/α,β-unsaturated/α-hetero) is 1. The lowest BCUT2D eigenvalue weighted by molar-refractivity contribution is 0.102. The first-order valence-electron chi connectivity index (χ1n) is 8.93. The Morgan fingerprint density at radius 2 is 2.11 bits per heavy atom. The zero-order valence-electron chi connectivity index (χ0n) is 16.3. The molecule has 1 N–H and O–H groups in total. The van der Waals surface area contributed by atoms with Crippen molar-refractivity contribution in [1.82, 2.24) is 19.7 Å². The molecule has 0 amide bonds. The van der Waals surface area contributed by atoms with Crippen molar-refractivity contribution in [2.24, 2.45) is 0 Å². The van der Waals surface area contributed by atoms with Crippen LogP contribution >= 0.6 is 11.8 Å². The molecular weight excluding hydrogens is 379 g/mol. The predicted octanol–water partition coefficient (Wildman–Crippen LogP) is 4.21. The highest BCUT2D eigenvalue weighted by molar-refractivity contribution is 7.99. The number of carbonyl (C=O) groups excluding carboxylic acids is 1. The number of thioether (sulfide) groups is 1. The highest BCUT2D eigenvalue weighted by Gasteiger charge is 2.19. The summed E-state index contributed by atoms with van der Waals surface area (Å²) in [6.07, 6.45) is 0. The number of rotatable bonds is 8. The minimum absolute atomic E-state index is 0.00575. The van der Waals surface area contributed by atoms with E-state index < -0.39 is 0 Å². The number of nitrogens with zero attached hydrogens (tertiary/aromatic N) is 3. The molecule has 8 heteroatoms. The molecule has 148 valence electrons. The Bertz CT molecular complexity index is 982. The molecule has 0 aliphatic carbocycles. The molecule has 0 unspecified atom stereocenters. The predicted molar refractivity (Wildman–Crippen MR) is 107 cm³/mol. The summed E-state index contributed by atoms with van der Waals surface area (Å²) in [6.45, 7) is 6.57. The van der Waals surface area contributed by atoms with Crippen LogP contribution in [0.2, 0.25) is 0 Å². The van der Waals surface area contributed by atoms with Crippen LogP contribution in [0.25, 0.3) is 11.4 Å². The maximum absolute atomic E-state index is 13.9. The molecule has 0 bridgehead atoms. The molecule has 0 saturated carbocycles. The Morgan fingerprint density at radius 1 is 1.36 bits per heavy atom. The highest BCUT2D eigenvalue weighted by atomic mass is 32.2. The molecular formula is C20H23FN4O2S. The summed E-state index contributed by atoms with van der Waals surface area (Å²) in [5.41, 5.74) is 2.99. The van der Waals surface area contributed by atoms with Crippen LogP contribution in [0.3, 0.4) is 0 Å². The van der Waals surface area contributed by atoms with Gasteiger partial charge in [0.2, 0.25) is 5.16 Å². The summed E-state index contributed by atoms with van der Waals surface area (Å²) >= 11 is 1.23. The van der Waals surface area contributed by atoms with E-state index in [1.165, 1.54) is 17.8 Å². The molecule has 1 atom stereocenters. The molecule has 3 rings (SSSR count). The smallest absolute Gasteiger partial charge is 0.209 e. The molecule has 0 radical (unpaired) electrons. The zero-order valence-corrected chi connectivity index (χ0v) is 17.1. The number of methoxy groups -OCH3 is 1. The quantitative estimate of drug-likeness (QED) is 0.451. The number of benzene rings is 1. The van der Waals surface area contributed by atoms with E-state index >= 15 is 0 Å². The SMILES string of the molecule is COC[C@@H](C)n1c(C)cc(C(=O)CSc2n[nH]c(-c3ccccc3F)n2)c1C. The first-order chi connectivity index (χ1) is 13.4. The zero-order chi connectivity index (χ0) is 20.3. The third kappa shape index (κ3) is 4.18. The standard InChI is InChI=1S/C20H23FN4O2S/c1-12-9-16(14(3)25(12)13(2)10-27-4)18(26)11-28-20-22-19(23-24-20)15-7-5-6-8-17(15)21/h5-9,13H,10-11H2,1-4H3,(H,22,23,24)/t13-/m1/s1. The van der Waals surface area contributed by atoms with Gasteiger partial charge in [-0.25, -0.2) is 9.37 Å². The fraction of sp³-hybridized carbons (Fsp3) is 0.350. The topological polar surface area (TPSA) is 72.8 Å². The van der Waals surface area contributed by atoms with Crippen molar-refractivity contribution in [1.29, 1.82) is 0 Å². The number of aryl methyl sites for hydroxylation is 1. The molecule has 6 nitrogen and oxygen atoms in total. The van der Waals surface area contributed by atoms with E-state index in [-0.39, 0.29) is 23.4 Å². The fourth-order valence-corrected chi connectivity index (χ4v) is 4.03. The van der Waals surface area contributed by atoms with Gasteiger partial charge in [0, 0.05) is 24.1 Å². The van der Waals surface area contributed by atoms with Crippen molar-refractivity contribution < 1.29 is 13.9 Å². The number of carbonyl (C=O) groups is 1. The van der Waals surface area contributed by atoms with Gasteiger partial charge >= 0.3 is 0 Å². The monoisotopic (exact) mass is 402 g/mol. The number of nitrogens with one attached hydrogen (secondary N) is 1. The van der Waals surface area contributed by atoms with Crippen molar-refractivity contribution in [3.63, 3.8) is 0 Å². The summed E-state index contributed by atoms with van der Waals surface area (Å²) in [6, 6.07) is 8.41. The van der Waals surface area contributed by atoms with Gasteiger partial charge in [-0.15, -0.1) is 5.10 Å². The van der Waals surface area contributed by atoms with E-state index in [4.69, 9.17) is 4.74 Å². The van der Waals surface area contributed by atoms with E-state index in [0.717, 1.165) is 11.4 Å². The van der Waals surface area contributed by atoms with Crippen LogP contribution in [0, 0.1) is 19.7 Å². The number of aromatic nitrogens is 4. The lowest BCUT2D eigenvalue weighted by Crippen LogP contribution is -2.14. The minimum atomic E-state index is -0.371. The average Bonchev–Trinajstić information content (AvgIpc) is 3.24. The van der Waals surface area contributed by atoms with Crippen LogP contribution in [-0.2, 0) is 4.74 Å².